The van der Waals surface area contributed by atoms with Crippen molar-refractivity contribution < 1.29 is 4.74 Å². The van der Waals surface area contributed by atoms with Gasteiger partial charge < -0.3 is 10.1 Å². The van der Waals surface area contributed by atoms with Gasteiger partial charge in [0.1, 0.15) is 5.75 Å². The molecule has 0 amide bonds. The molecular formula is C11H17NO. The minimum absolute atomic E-state index is 0.907. The summed E-state index contributed by atoms with van der Waals surface area (Å²) >= 11 is 0. The Hall–Kier alpha value is -1.18. The highest BCUT2D eigenvalue weighted by molar-refractivity contribution is 5.54. The maximum atomic E-state index is 5.15. The van der Waals surface area contributed by atoms with Crippen LogP contribution in [0.4, 0.5) is 5.69 Å². The van der Waals surface area contributed by atoms with Gasteiger partial charge in [-0.05, 0) is 25.0 Å². The van der Waals surface area contributed by atoms with Crippen molar-refractivity contribution in [2.75, 3.05) is 19.0 Å². The molecule has 1 N–H and O–H groups in total. The van der Waals surface area contributed by atoms with E-state index in [9.17, 15) is 0 Å². The summed E-state index contributed by atoms with van der Waals surface area (Å²) in [5, 5.41) is 3.36. The first-order valence-electron chi connectivity index (χ1n) is 4.66. The molecule has 13 heavy (non-hydrogen) atoms. The maximum Gasteiger partial charge on any atom is 0.120 e. The minimum atomic E-state index is 0.907. The highest BCUT2D eigenvalue weighted by Crippen LogP contribution is 2.21. The Morgan fingerprint density at radius 3 is 2.77 bits per heavy atom. The molecule has 0 aliphatic rings. The molecule has 0 radical (unpaired) electrons. The van der Waals surface area contributed by atoms with E-state index in [0.717, 1.165) is 18.7 Å². The number of rotatable bonds is 4. The van der Waals surface area contributed by atoms with E-state index >= 15 is 0 Å². The molecular weight excluding hydrogens is 162 g/mol. The summed E-state index contributed by atoms with van der Waals surface area (Å²) in [6.45, 7) is 5.26. The summed E-state index contributed by atoms with van der Waals surface area (Å²) in [5.41, 5.74) is 2.43. The van der Waals surface area contributed by atoms with Crippen LogP contribution in [0.25, 0.3) is 0 Å². The number of aryl methyl sites for hydroxylation is 1. The lowest BCUT2D eigenvalue weighted by atomic mass is 10.2. The van der Waals surface area contributed by atoms with Gasteiger partial charge in [-0.25, -0.2) is 0 Å². The van der Waals surface area contributed by atoms with Crippen LogP contribution in [0.2, 0.25) is 0 Å². The van der Waals surface area contributed by atoms with Gasteiger partial charge in [0.25, 0.3) is 0 Å². The second-order valence-electron chi connectivity index (χ2n) is 3.11. The van der Waals surface area contributed by atoms with Crippen LogP contribution in [-0.4, -0.2) is 13.7 Å². The molecule has 0 aliphatic carbocycles. The van der Waals surface area contributed by atoms with E-state index in [4.69, 9.17) is 4.74 Å². The number of nitrogens with one attached hydrogen (secondary N) is 1. The van der Waals surface area contributed by atoms with E-state index in [0.29, 0.717) is 0 Å². The Morgan fingerprint density at radius 1 is 1.38 bits per heavy atom. The molecule has 72 valence electrons. The first-order valence-corrected chi connectivity index (χ1v) is 4.66. The number of anilines is 1. The van der Waals surface area contributed by atoms with E-state index < -0.39 is 0 Å². The van der Waals surface area contributed by atoms with Gasteiger partial charge in [0.05, 0.1) is 7.11 Å². The summed E-state index contributed by atoms with van der Waals surface area (Å²) in [7, 11) is 1.69. The molecule has 0 bridgehead atoms. The van der Waals surface area contributed by atoms with Crippen molar-refractivity contribution in [3.05, 3.63) is 23.8 Å². The van der Waals surface area contributed by atoms with Gasteiger partial charge in [0.2, 0.25) is 0 Å². The topological polar surface area (TPSA) is 21.3 Å². The van der Waals surface area contributed by atoms with Crippen LogP contribution in [0.15, 0.2) is 18.2 Å². The van der Waals surface area contributed by atoms with E-state index in [1.54, 1.807) is 7.11 Å². The van der Waals surface area contributed by atoms with E-state index in [-0.39, 0.29) is 0 Å². The molecule has 0 unspecified atom stereocenters. The molecule has 2 heteroatoms. The lowest BCUT2D eigenvalue weighted by Gasteiger charge is -2.09. The monoisotopic (exact) mass is 179 g/mol. The van der Waals surface area contributed by atoms with E-state index in [1.165, 1.54) is 11.3 Å². The molecule has 0 heterocycles. The van der Waals surface area contributed by atoms with Crippen molar-refractivity contribution in [3.63, 3.8) is 0 Å². The number of ether oxygens (including phenoxy) is 1. The Balaban J connectivity index is 2.78. The molecule has 0 spiro atoms. The van der Waals surface area contributed by atoms with E-state index in [1.807, 2.05) is 12.1 Å². The molecule has 0 fully saturated rings. The van der Waals surface area contributed by atoms with Crippen molar-refractivity contribution in [2.45, 2.75) is 20.3 Å². The molecule has 0 aromatic heterocycles. The van der Waals surface area contributed by atoms with Crippen LogP contribution in [0.3, 0.4) is 0 Å². The molecule has 0 saturated carbocycles. The van der Waals surface area contributed by atoms with Crippen molar-refractivity contribution in [1.82, 2.24) is 0 Å². The molecule has 0 aliphatic heterocycles. The molecule has 0 saturated heterocycles. The van der Waals surface area contributed by atoms with Crippen LogP contribution in [0.5, 0.6) is 5.75 Å². The van der Waals surface area contributed by atoms with Crippen molar-refractivity contribution in [2.24, 2.45) is 0 Å². The Kier molecular flexibility index (Phi) is 3.62. The number of methoxy groups -OCH3 is 1. The summed E-state index contributed by atoms with van der Waals surface area (Å²) in [6, 6.07) is 6.08. The fraction of sp³-hybridized carbons (Fsp3) is 0.455. The first-order chi connectivity index (χ1) is 6.27. The second kappa shape index (κ2) is 4.75. The van der Waals surface area contributed by atoms with Crippen molar-refractivity contribution in [3.8, 4) is 5.75 Å². The molecule has 1 aromatic carbocycles. The third-order valence-electron chi connectivity index (χ3n) is 2.01. The highest BCUT2D eigenvalue weighted by atomic mass is 16.5. The summed E-state index contributed by atoms with van der Waals surface area (Å²) in [6.07, 6.45) is 1.14. The average Bonchev–Trinajstić information content (AvgIpc) is 2.17. The molecule has 0 atom stereocenters. The Labute approximate surface area is 79.9 Å². The quantitative estimate of drug-likeness (QED) is 0.767. The lowest BCUT2D eigenvalue weighted by molar-refractivity contribution is 0.415. The van der Waals surface area contributed by atoms with Gasteiger partial charge in [-0.1, -0.05) is 13.0 Å². The zero-order chi connectivity index (χ0) is 9.68. The number of hydrogen-bond acceptors (Lipinski definition) is 2. The van der Waals surface area contributed by atoms with Gasteiger partial charge >= 0.3 is 0 Å². The molecule has 1 rings (SSSR count). The van der Waals surface area contributed by atoms with Gasteiger partial charge in [0.15, 0.2) is 0 Å². The van der Waals surface area contributed by atoms with Crippen molar-refractivity contribution in [1.29, 1.82) is 0 Å². The summed E-state index contributed by atoms with van der Waals surface area (Å²) in [4.78, 5) is 0. The van der Waals surface area contributed by atoms with Gasteiger partial charge in [0, 0.05) is 18.3 Å². The number of hydrogen-bond donors (Lipinski definition) is 1. The average molecular weight is 179 g/mol. The third kappa shape index (κ3) is 2.65. The zero-order valence-electron chi connectivity index (χ0n) is 8.55. The molecule has 1 aromatic rings. The van der Waals surface area contributed by atoms with Crippen LogP contribution < -0.4 is 10.1 Å². The predicted octanol–water partition coefficient (Wildman–Crippen LogP) is 2.83. The van der Waals surface area contributed by atoms with Gasteiger partial charge in [-0.2, -0.15) is 0 Å². The maximum absolute atomic E-state index is 5.15. The Morgan fingerprint density at radius 2 is 2.15 bits per heavy atom. The minimum Gasteiger partial charge on any atom is -0.497 e. The van der Waals surface area contributed by atoms with Crippen LogP contribution >= 0.6 is 0 Å². The van der Waals surface area contributed by atoms with Crippen molar-refractivity contribution >= 4 is 5.69 Å². The summed E-state index contributed by atoms with van der Waals surface area (Å²) < 4.78 is 5.15. The fourth-order valence-electron chi connectivity index (χ4n) is 1.18. The Bertz CT molecular complexity index is 271. The van der Waals surface area contributed by atoms with Gasteiger partial charge in [-0.3, -0.25) is 0 Å². The number of benzene rings is 1. The standard InChI is InChI=1S/C11H17NO/c1-4-7-12-11-8-10(13-3)6-5-9(11)2/h5-6,8,12H,4,7H2,1-3H3. The van der Waals surface area contributed by atoms with Crippen LogP contribution in [0, 0.1) is 6.92 Å². The predicted molar refractivity (Wildman–Crippen MR) is 56.5 cm³/mol. The fourth-order valence-corrected chi connectivity index (χ4v) is 1.18. The summed E-state index contributed by atoms with van der Waals surface area (Å²) in [5.74, 6) is 0.907. The highest BCUT2D eigenvalue weighted by Gasteiger charge is 1.98. The van der Waals surface area contributed by atoms with Gasteiger partial charge in [-0.15, -0.1) is 0 Å². The SMILES string of the molecule is CCCNc1cc(OC)ccc1C. The largest absolute Gasteiger partial charge is 0.497 e. The smallest absolute Gasteiger partial charge is 0.120 e. The van der Waals surface area contributed by atoms with Crippen LogP contribution in [-0.2, 0) is 0 Å². The normalized spacial score (nSPS) is 9.77. The third-order valence-corrected chi connectivity index (χ3v) is 2.01. The first kappa shape index (κ1) is 9.90. The zero-order valence-corrected chi connectivity index (χ0v) is 8.55. The van der Waals surface area contributed by atoms with E-state index in [2.05, 4.69) is 25.2 Å². The molecule has 2 nitrogen and oxygen atoms in total. The lowest BCUT2D eigenvalue weighted by Crippen LogP contribution is -2.01. The second-order valence-corrected chi connectivity index (χ2v) is 3.11. The van der Waals surface area contributed by atoms with Crippen LogP contribution in [0.1, 0.15) is 18.9 Å².